The third kappa shape index (κ3) is 3.24. The Bertz CT molecular complexity index is 349. The van der Waals surface area contributed by atoms with E-state index in [2.05, 4.69) is 0 Å². The number of ether oxygens (including phenoxy) is 2. The van der Waals surface area contributed by atoms with Crippen LogP contribution in [0.3, 0.4) is 0 Å². The minimum absolute atomic E-state index is 0.0359. The van der Waals surface area contributed by atoms with Gasteiger partial charge in [0.1, 0.15) is 5.75 Å². The molecule has 1 N–H and O–H groups in total. The second-order valence-corrected chi connectivity index (χ2v) is 3.49. The minimum Gasteiger partial charge on any atom is -0.496 e. The largest absolute Gasteiger partial charge is 0.496 e. The van der Waals surface area contributed by atoms with Crippen molar-refractivity contribution < 1.29 is 19.4 Å². The van der Waals surface area contributed by atoms with Gasteiger partial charge in [0, 0.05) is 18.6 Å². The van der Waals surface area contributed by atoms with Crippen LogP contribution in [-0.4, -0.2) is 31.9 Å². The number of carboxylic acids is 1. The average Bonchev–Trinajstić information content (AvgIpc) is 2.28. The van der Waals surface area contributed by atoms with Crippen molar-refractivity contribution in [3.05, 3.63) is 29.8 Å². The summed E-state index contributed by atoms with van der Waals surface area (Å²) in [5.41, 5.74) is 0.870. The van der Waals surface area contributed by atoms with Crippen molar-refractivity contribution in [1.82, 2.24) is 0 Å². The van der Waals surface area contributed by atoms with E-state index >= 15 is 0 Å². The molecule has 16 heavy (non-hydrogen) atoms. The highest BCUT2D eigenvalue weighted by atomic mass is 16.5. The zero-order valence-corrected chi connectivity index (χ0v) is 9.47. The van der Waals surface area contributed by atoms with Crippen LogP contribution in [-0.2, 0) is 9.53 Å². The van der Waals surface area contributed by atoms with Gasteiger partial charge in [-0.1, -0.05) is 18.2 Å². The van der Waals surface area contributed by atoms with E-state index in [4.69, 9.17) is 14.6 Å². The summed E-state index contributed by atoms with van der Waals surface area (Å²) in [6.45, 7) is 0.368. The molecule has 0 radical (unpaired) electrons. The zero-order valence-electron chi connectivity index (χ0n) is 9.47. The normalized spacial score (nSPS) is 12.1. The number of hydrogen-bond acceptors (Lipinski definition) is 3. The molecule has 4 heteroatoms. The van der Waals surface area contributed by atoms with Crippen LogP contribution in [0.4, 0.5) is 0 Å². The van der Waals surface area contributed by atoms with Crippen molar-refractivity contribution in [3.8, 4) is 5.75 Å². The molecule has 1 atom stereocenters. The molecule has 0 aliphatic rings. The maximum Gasteiger partial charge on any atom is 0.304 e. The van der Waals surface area contributed by atoms with Gasteiger partial charge in [-0.25, -0.2) is 0 Å². The predicted octanol–water partition coefficient (Wildman–Crippen LogP) is 1.90. The Labute approximate surface area is 94.8 Å². The van der Waals surface area contributed by atoms with E-state index in [0.29, 0.717) is 12.4 Å². The van der Waals surface area contributed by atoms with Crippen molar-refractivity contribution in [3.63, 3.8) is 0 Å². The summed E-state index contributed by atoms with van der Waals surface area (Å²) >= 11 is 0. The van der Waals surface area contributed by atoms with Crippen molar-refractivity contribution >= 4 is 5.97 Å². The molecule has 1 aromatic carbocycles. The number of benzene rings is 1. The Balaban J connectivity index is 2.94. The highest BCUT2D eigenvalue weighted by Crippen LogP contribution is 2.28. The maximum absolute atomic E-state index is 10.8. The molecule has 0 bridgehead atoms. The van der Waals surface area contributed by atoms with Gasteiger partial charge < -0.3 is 14.6 Å². The number of carbonyl (C=O) groups is 1. The van der Waals surface area contributed by atoms with Gasteiger partial charge in [-0.3, -0.25) is 4.79 Å². The van der Waals surface area contributed by atoms with Crippen LogP contribution in [0, 0.1) is 0 Å². The Hall–Kier alpha value is -1.55. The maximum atomic E-state index is 10.8. The van der Waals surface area contributed by atoms with E-state index < -0.39 is 5.97 Å². The smallest absolute Gasteiger partial charge is 0.304 e. The average molecular weight is 224 g/mol. The van der Waals surface area contributed by atoms with Crippen LogP contribution < -0.4 is 4.74 Å². The Kier molecular flexibility index (Phi) is 4.79. The molecular formula is C12H16O4. The molecule has 0 aliphatic heterocycles. The van der Waals surface area contributed by atoms with Crippen molar-refractivity contribution in [1.29, 1.82) is 0 Å². The van der Waals surface area contributed by atoms with Gasteiger partial charge in [-0.15, -0.1) is 0 Å². The summed E-state index contributed by atoms with van der Waals surface area (Å²) in [7, 11) is 3.13. The molecule has 4 nitrogen and oxygen atoms in total. The summed E-state index contributed by atoms with van der Waals surface area (Å²) in [5, 5.41) is 8.84. The molecular weight excluding hydrogens is 208 g/mol. The third-order valence-electron chi connectivity index (χ3n) is 2.37. The number of methoxy groups -OCH3 is 2. The first-order valence-corrected chi connectivity index (χ1v) is 5.02. The second-order valence-electron chi connectivity index (χ2n) is 3.49. The van der Waals surface area contributed by atoms with Gasteiger partial charge in [0.25, 0.3) is 0 Å². The predicted molar refractivity (Wildman–Crippen MR) is 59.9 cm³/mol. The number of aliphatic carboxylic acids is 1. The Morgan fingerprint density at radius 2 is 2.06 bits per heavy atom. The summed E-state index contributed by atoms with van der Waals surface area (Å²) < 4.78 is 10.2. The van der Waals surface area contributed by atoms with Gasteiger partial charge in [-0.05, 0) is 6.07 Å². The van der Waals surface area contributed by atoms with Crippen molar-refractivity contribution in [2.75, 3.05) is 20.8 Å². The van der Waals surface area contributed by atoms with Crippen LogP contribution in [0.1, 0.15) is 17.9 Å². The fraction of sp³-hybridized carbons (Fsp3) is 0.417. The number of carboxylic acid groups (broad SMARTS) is 1. The first-order chi connectivity index (χ1) is 7.69. The third-order valence-corrected chi connectivity index (χ3v) is 2.37. The SMILES string of the molecule is COCC(CC(=O)O)c1ccccc1OC. The first-order valence-electron chi connectivity index (χ1n) is 5.02. The highest BCUT2D eigenvalue weighted by Gasteiger charge is 2.18. The minimum atomic E-state index is -0.840. The fourth-order valence-corrected chi connectivity index (χ4v) is 1.67. The summed E-state index contributed by atoms with van der Waals surface area (Å²) in [6, 6.07) is 7.40. The summed E-state index contributed by atoms with van der Waals surface area (Å²) in [4.78, 5) is 10.8. The van der Waals surface area contributed by atoms with E-state index in [1.807, 2.05) is 24.3 Å². The van der Waals surface area contributed by atoms with Crippen LogP contribution >= 0.6 is 0 Å². The molecule has 0 heterocycles. The van der Waals surface area contributed by atoms with Crippen LogP contribution in [0.25, 0.3) is 0 Å². The molecule has 0 amide bonds. The Morgan fingerprint density at radius 1 is 1.38 bits per heavy atom. The zero-order chi connectivity index (χ0) is 12.0. The molecule has 0 spiro atoms. The second kappa shape index (κ2) is 6.12. The van der Waals surface area contributed by atoms with E-state index in [9.17, 15) is 4.79 Å². The molecule has 0 aromatic heterocycles. The molecule has 88 valence electrons. The summed E-state index contributed by atoms with van der Waals surface area (Å²) in [5.74, 6) is -0.322. The summed E-state index contributed by atoms with van der Waals surface area (Å²) in [6.07, 6.45) is 0.0359. The van der Waals surface area contributed by atoms with Gasteiger partial charge in [0.15, 0.2) is 0 Å². The molecule has 0 aliphatic carbocycles. The number of hydrogen-bond donors (Lipinski definition) is 1. The van der Waals surface area contributed by atoms with Crippen LogP contribution in [0.2, 0.25) is 0 Å². The molecule has 1 aromatic rings. The number of para-hydroxylation sites is 1. The lowest BCUT2D eigenvalue weighted by Gasteiger charge is -2.17. The lowest BCUT2D eigenvalue weighted by Crippen LogP contribution is -2.12. The van der Waals surface area contributed by atoms with Crippen molar-refractivity contribution in [2.45, 2.75) is 12.3 Å². The molecule has 0 fully saturated rings. The highest BCUT2D eigenvalue weighted by molar-refractivity contribution is 5.68. The molecule has 0 saturated carbocycles. The molecule has 1 rings (SSSR count). The standard InChI is InChI=1S/C12H16O4/c1-15-8-9(7-12(13)14)10-5-3-4-6-11(10)16-2/h3-6,9H,7-8H2,1-2H3,(H,13,14). The lowest BCUT2D eigenvalue weighted by molar-refractivity contribution is -0.137. The quantitative estimate of drug-likeness (QED) is 0.801. The van der Waals surface area contributed by atoms with Crippen LogP contribution in [0.5, 0.6) is 5.75 Å². The Morgan fingerprint density at radius 3 is 2.62 bits per heavy atom. The van der Waals surface area contributed by atoms with E-state index in [0.717, 1.165) is 5.56 Å². The van der Waals surface area contributed by atoms with Crippen molar-refractivity contribution in [2.24, 2.45) is 0 Å². The molecule has 0 saturated heterocycles. The van der Waals surface area contributed by atoms with E-state index in [1.54, 1.807) is 14.2 Å². The topological polar surface area (TPSA) is 55.8 Å². The van der Waals surface area contributed by atoms with E-state index in [1.165, 1.54) is 0 Å². The lowest BCUT2D eigenvalue weighted by atomic mass is 9.95. The van der Waals surface area contributed by atoms with Gasteiger partial charge >= 0.3 is 5.97 Å². The number of rotatable bonds is 6. The first kappa shape index (κ1) is 12.5. The molecule has 1 unspecified atom stereocenters. The van der Waals surface area contributed by atoms with Gasteiger partial charge in [-0.2, -0.15) is 0 Å². The van der Waals surface area contributed by atoms with Gasteiger partial charge in [0.2, 0.25) is 0 Å². The fourth-order valence-electron chi connectivity index (χ4n) is 1.67. The van der Waals surface area contributed by atoms with E-state index in [-0.39, 0.29) is 12.3 Å². The van der Waals surface area contributed by atoms with Crippen LogP contribution in [0.15, 0.2) is 24.3 Å². The monoisotopic (exact) mass is 224 g/mol. The van der Waals surface area contributed by atoms with Gasteiger partial charge in [0.05, 0.1) is 20.1 Å².